The molecule has 0 aromatic heterocycles. The second-order valence-corrected chi connectivity index (χ2v) is 9.81. The molecule has 2 aromatic carbocycles. The number of nitrogens with one attached hydrogen (secondary N) is 4. The number of aliphatic hydroxyl groups excluding tert-OH is 1. The molecule has 0 aliphatic carbocycles. The zero-order valence-electron chi connectivity index (χ0n) is 21.7. The van der Waals surface area contributed by atoms with E-state index in [1.54, 1.807) is 0 Å². The Morgan fingerprint density at radius 3 is 2.18 bits per heavy atom. The lowest BCUT2D eigenvalue weighted by Gasteiger charge is -2.31. The van der Waals surface area contributed by atoms with E-state index in [-0.39, 0.29) is 37.7 Å². The van der Waals surface area contributed by atoms with Crippen LogP contribution in [0.2, 0.25) is 0 Å². The van der Waals surface area contributed by atoms with Crippen molar-refractivity contribution in [3.63, 3.8) is 0 Å². The predicted molar refractivity (Wildman–Crippen MR) is 140 cm³/mol. The number of carbonyl (C=O) groups excluding carboxylic acids is 4. The predicted octanol–water partition coefficient (Wildman–Crippen LogP) is 1.77. The van der Waals surface area contributed by atoms with Crippen LogP contribution in [0, 0.1) is 5.92 Å². The first-order valence-corrected chi connectivity index (χ1v) is 12.8. The van der Waals surface area contributed by atoms with E-state index in [9.17, 15) is 24.3 Å². The molecule has 1 fully saturated rings. The van der Waals surface area contributed by atoms with E-state index >= 15 is 0 Å². The van der Waals surface area contributed by atoms with Gasteiger partial charge >= 0.3 is 6.09 Å². The number of piperidine rings is 1. The molecule has 0 saturated carbocycles. The van der Waals surface area contributed by atoms with E-state index in [0.29, 0.717) is 6.42 Å². The second-order valence-electron chi connectivity index (χ2n) is 9.81. The molecule has 1 aliphatic heterocycles. The van der Waals surface area contributed by atoms with Crippen LogP contribution in [0.5, 0.6) is 0 Å². The van der Waals surface area contributed by atoms with Gasteiger partial charge in [-0.1, -0.05) is 74.5 Å². The van der Waals surface area contributed by atoms with Crippen molar-refractivity contribution in [2.24, 2.45) is 5.92 Å². The van der Waals surface area contributed by atoms with Gasteiger partial charge in [0.15, 0.2) is 0 Å². The maximum absolute atomic E-state index is 13.3. The summed E-state index contributed by atoms with van der Waals surface area (Å²) in [6, 6.07) is 15.8. The van der Waals surface area contributed by atoms with E-state index < -0.39 is 42.3 Å². The van der Waals surface area contributed by atoms with Gasteiger partial charge in [-0.05, 0) is 29.9 Å². The van der Waals surface area contributed by atoms with Crippen molar-refractivity contribution in [2.45, 2.75) is 70.5 Å². The monoisotopic (exact) mass is 524 g/mol. The van der Waals surface area contributed by atoms with E-state index in [1.807, 2.05) is 74.5 Å². The second kappa shape index (κ2) is 14.1. The van der Waals surface area contributed by atoms with Crippen molar-refractivity contribution in [3.05, 3.63) is 71.8 Å². The van der Waals surface area contributed by atoms with Crippen LogP contribution < -0.4 is 21.3 Å². The highest BCUT2D eigenvalue weighted by molar-refractivity contribution is 5.91. The van der Waals surface area contributed by atoms with Gasteiger partial charge in [0.1, 0.15) is 24.9 Å². The number of carbonyl (C=O) groups is 4. The summed E-state index contributed by atoms with van der Waals surface area (Å²) in [5.41, 5.74) is 1.63. The topological polar surface area (TPSA) is 146 Å². The van der Waals surface area contributed by atoms with Crippen LogP contribution in [0.15, 0.2) is 60.7 Å². The Balaban J connectivity index is 1.68. The number of hydrogen-bond acceptors (Lipinski definition) is 6. The average molecular weight is 525 g/mol. The fourth-order valence-electron chi connectivity index (χ4n) is 4.16. The van der Waals surface area contributed by atoms with Crippen LogP contribution in [0.3, 0.4) is 0 Å². The van der Waals surface area contributed by atoms with Crippen LogP contribution in [0.25, 0.3) is 0 Å². The number of aliphatic hydroxyl groups is 1. The van der Waals surface area contributed by atoms with Gasteiger partial charge in [0.05, 0.1) is 6.04 Å². The number of benzene rings is 2. The summed E-state index contributed by atoms with van der Waals surface area (Å²) in [5, 5.41) is 20.7. The maximum Gasteiger partial charge on any atom is 0.408 e. The first-order valence-electron chi connectivity index (χ1n) is 12.8. The summed E-state index contributed by atoms with van der Waals surface area (Å²) in [7, 11) is 0. The molecule has 0 spiro atoms. The minimum absolute atomic E-state index is 0.0575. The normalized spacial score (nSPS) is 18.6. The lowest BCUT2D eigenvalue weighted by molar-refractivity contribution is -0.133. The van der Waals surface area contributed by atoms with Crippen LogP contribution in [-0.2, 0) is 32.1 Å². The molecule has 38 heavy (non-hydrogen) atoms. The summed E-state index contributed by atoms with van der Waals surface area (Å²) in [5.74, 6) is -1.25. The number of rotatable bonds is 11. The number of hydrogen-bond donors (Lipinski definition) is 5. The summed E-state index contributed by atoms with van der Waals surface area (Å²) in [4.78, 5) is 50.6. The minimum Gasteiger partial charge on any atom is -0.445 e. The zero-order valence-corrected chi connectivity index (χ0v) is 21.7. The molecule has 4 amide bonds. The molecule has 0 radical (unpaired) electrons. The largest absolute Gasteiger partial charge is 0.445 e. The number of ether oxygens (including phenoxy) is 1. The van der Waals surface area contributed by atoms with Gasteiger partial charge in [0, 0.05) is 12.8 Å². The highest BCUT2D eigenvalue weighted by Crippen LogP contribution is 2.11. The highest BCUT2D eigenvalue weighted by atomic mass is 16.5. The van der Waals surface area contributed by atoms with Gasteiger partial charge < -0.3 is 31.1 Å². The summed E-state index contributed by atoms with van der Waals surface area (Å²) in [6.45, 7) is 3.90. The lowest BCUT2D eigenvalue weighted by atomic mass is 10.00. The Bertz CT molecular complexity index is 1080. The third kappa shape index (κ3) is 9.19. The van der Waals surface area contributed by atoms with Crippen molar-refractivity contribution >= 4 is 23.8 Å². The third-order valence-electron chi connectivity index (χ3n) is 6.14. The molecule has 1 saturated heterocycles. The van der Waals surface area contributed by atoms with E-state index in [0.717, 1.165) is 11.1 Å². The van der Waals surface area contributed by atoms with E-state index in [2.05, 4.69) is 21.3 Å². The molecule has 3 rings (SSSR count). The summed E-state index contributed by atoms with van der Waals surface area (Å²) in [6.07, 6.45) is -0.985. The zero-order chi connectivity index (χ0) is 27.5. The Morgan fingerprint density at radius 1 is 0.947 bits per heavy atom. The van der Waals surface area contributed by atoms with E-state index in [1.165, 1.54) is 0 Å². The Hall–Kier alpha value is -3.92. The quantitative estimate of drug-likeness (QED) is 0.303. The molecular weight excluding hydrogens is 488 g/mol. The van der Waals surface area contributed by atoms with Crippen molar-refractivity contribution < 1.29 is 29.0 Å². The maximum atomic E-state index is 13.3. The average Bonchev–Trinajstić information content (AvgIpc) is 2.89. The van der Waals surface area contributed by atoms with Crippen LogP contribution >= 0.6 is 0 Å². The molecular formula is C28H36N4O6. The van der Waals surface area contributed by atoms with Gasteiger partial charge in [-0.25, -0.2) is 4.79 Å². The molecule has 0 bridgehead atoms. The fraction of sp³-hybridized carbons (Fsp3) is 0.429. The van der Waals surface area contributed by atoms with Crippen molar-refractivity contribution in [3.8, 4) is 0 Å². The van der Waals surface area contributed by atoms with Crippen molar-refractivity contribution in [2.75, 3.05) is 0 Å². The first kappa shape index (κ1) is 28.6. The Kier molecular flexibility index (Phi) is 10.7. The molecule has 10 nitrogen and oxygen atoms in total. The van der Waals surface area contributed by atoms with Crippen LogP contribution in [0.4, 0.5) is 4.79 Å². The molecule has 1 heterocycles. The Morgan fingerprint density at radius 2 is 1.58 bits per heavy atom. The van der Waals surface area contributed by atoms with Crippen molar-refractivity contribution in [1.29, 1.82) is 0 Å². The molecule has 2 aromatic rings. The Labute approximate surface area is 222 Å². The molecule has 1 unspecified atom stereocenters. The number of amides is 4. The van der Waals surface area contributed by atoms with Gasteiger partial charge in [0.2, 0.25) is 17.7 Å². The lowest BCUT2D eigenvalue weighted by Crippen LogP contribution is -2.60. The van der Waals surface area contributed by atoms with Gasteiger partial charge in [0.25, 0.3) is 0 Å². The fourth-order valence-corrected chi connectivity index (χ4v) is 4.16. The molecule has 4 atom stereocenters. The molecule has 204 valence electrons. The summed E-state index contributed by atoms with van der Waals surface area (Å²) >= 11 is 0. The SMILES string of the molecule is CC(C)C[C@H](NC(=O)OCc1ccccc1)C(=O)N[C@@H](Cc1ccccc1)C(=O)N[C@H]1CCC(=O)NC1O. The van der Waals surface area contributed by atoms with Crippen LogP contribution in [0.1, 0.15) is 44.2 Å². The summed E-state index contributed by atoms with van der Waals surface area (Å²) < 4.78 is 5.29. The van der Waals surface area contributed by atoms with Gasteiger partial charge in [-0.2, -0.15) is 0 Å². The molecule has 5 N–H and O–H groups in total. The first-order chi connectivity index (χ1) is 18.2. The van der Waals surface area contributed by atoms with Crippen molar-refractivity contribution in [1.82, 2.24) is 21.3 Å². The molecule has 1 aliphatic rings. The van der Waals surface area contributed by atoms with Gasteiger partial charge in [-0.3, -0.25) is 14.4 Å². The highest BCUT2D eigenvalue weighted by Gasteiger charge is 2.32. The number of alkyl carbamates (subject to hydrolysis) is 1. The standard InChI is InChI=1S/C28H36N4O6/c1-18(2)15-22(31-28(37)38-17-20-11-7-4-8-12-20)26(35)30-23(16-19-9-5-3-6-10-19)27(36)29-21-13-14-24(33)32-25(21)34/h3-12,18,21-23,25,34H,13-17H2,1-2H3,(H,29,36)(H,30,35)(H,31,37)(H,32,33)/t21-,22-,23-,25?/m0/s1. The molecule has 10 heteroatoms. The minimum atomic E-state index is -1.22. The third-order valence-corrected chi connectivity index (χ3v) is 6.14. The van der Waals surface area contributed by atoms with Gasteiger partial charge in [-0.15, -0.1) is 0 Å². The smallest absolute Gasteiger partial charge is 0.408 e. The van der Waals surface area contributed by atoms with Crippen LogP contribution in [-0.4, -0.2) is 53.3 Å². The van der Waals surface area contributed by atoms with E-state index in [4.69, 9.17) is 4.74 Å².